The highest BCUT2D eigenvalue weighted by molar-refractivity contribution is 7.80. The second-order valence-corrected chi connectivity index (χ2v) is 4.84. The molecule has 2 N–H and O–H groups in total. The molecule has 0 aromatic heterocycles. The average Bonchev–Trinajstić information content (AvgIpc) is 2.19. The van der Waals surface area contributed by atoms with Crippen LogP contribution in [0.5, 0.6) is 5.75 Å². The molecular weight excluding hydrogens is 218 g/mol. The number of rotatable bonds is 6. The van der Waals surface area contributed by atoms with Crippen LogP contribution in [0.25, 0.3) is 0 Å². The van der Waals surface area contributed by atoms with E-state index in [2.05, 4.69) is 13.8 Å². The van der Waals surface area contributed by atoms with Gasteiger partial charge in [0.05, 0.1) is 11.6 Å². The van der Waals surface area contributed by atoms with Crippen molar-refractivity contribution >= 4 is 17.2 Å². The van der Waals surface area contributed by atoms with E-state index in [1.165, 1.54) is 0 Å². The fourth-order valence-electron chi connectivity index (χ4n) is 1.32. The fraction of sp³-hybridized carbons (Fsp3) is 0.462. The molecule has 0 atom stereocenters. The van der Waals surface area contributed by atoms with Crippen molar-refractivity contribution in [3.05, 3.63) is 29.8 Å². The zero-order chi connectivity index (χ0) is 12.0. The van der Waals surface area contributed by atoms with Crippen molar-refractivity contribution in [1.29, 1.82) is 0 Å². The van der Waals surface area contributed by atoms with Crippen molar-refractivity contribution in [2.24, 2.45) is 11.7 Å². The minimum atomic E-state index is 0.522. The van der Waals surface area contributed by atoms with Crippen molar-refractivity contribution < 1.29 is 4.74 Å². The van der Waals surface area contributed by atoms with Crippen LogP contribution in [0.2, 0.25) is 0 Å². The smallest absolute Gasteiger partial charge is 0.119 e. The van der Waals surface area contributed by atoms with Gasteiger partial charge in [0.1, 0.15) is 5.75 Å². The highest BCUT2D eigenvalue weighted by Gasteiger charge is 1.98. The summed E-state index contributed by atoms with van der Waals surface area (Å²) in [7, 11) is 0. The van der Waals surface area contributed by atoms with Crippen LogP contribution in [0, 0.1) is 5.92 Å². The molecule has 0 spiro atoms. The lowest BCUT2D eigenvalue weighted by Gasteiger charge is -2.08. The normalized spacial score (nSPS) is 10.4. The lowest BCUT2D eigenvalue weighted by molar-refractivity contribution is 0.289. The maximum Gasteiger partial charge on any atom is 0.119 e. The lowest BCUT2D eigenvalue weighted by Crippen LogP contribution is -2.10. The largest absolute Gasteiger partial charge is 0.494 e. The fourth-order valence-corrected chi connectivity index (χ4v) is 1.48. The molecule has 0 fully saturated rings. The van der Waals surface area contributed by atoms with Crippen molar-refractivity contribution in [1.82, 2.24) is 0 Å². The van der Waals surface area contributed by atoms with E-state index in [1.807, 2.05) is 24.3 Å². The summed E-state index contributed by atoms with van der Waals surface area (Å²) in [5.41, 5.74) is 6.60. The Morgan fingerprint density at radius 3 is 2.44 bits per heavy atom. The summed E-state index contributed by atoms with van der Waals surface area (Å²) in [5, 5.41) is 0. The Labute approximate surface area is 103 Å². The molecule has 1 aromatic rings. The maximum atomic E-state index is 5.61. The van der Waals surface area contributed by atoms with Gasteiger partial charge in [-0.3, -0.25) is 0 Å². The predicted octanol–water partition coefficient (Wildman–Crippen LogP) is 2.94. The molecule has 0 radical (unpaired) electrons. The average molecular weight is 237 g/mol. The quantitative estimate of drug-likeness (QED) is 0.773. The second-order valence-electron chi connectivity index (χ2n) is 4.32. The Bertz CT molecular complexity index is 332. The number of ether oxygens (including phenoxy) is 1. The minimum Gasteiger partial charge on any atom is -0.494 e. The zero-order valence-corrected chi connectivity index (χ0v) is 10.7. The molecule has 16 heavy (non-hydrogen) atoms. The highest BCUT2D eigenvalue weighted by Crippen LogP contribution is 2.13. The van der Waals surface area contributed by atoms with E-state index in [-0.39, 0.29) is 0 Å². The molecule has 0 aliphatic carbocycles. The van der Waals surface area contributed by atoms with Gasteiger partial charge in [-0.25, -0.2) is 0 Å². The molecule has 0 unspecified atom stereocenters. The van der Waals surface area contributed by atoms with Crippen LogP contribution in [0.1, 0.15) is 25.8 Å². The van der Waals surface area contributed by atoms with Gasteiger partial charge < -0.3 is 10.5 Å². The van der Waals surface area contributed by atoms with Crippen LogP contribution in [-0.2, 0) is 6.42 Å². The molecular formula is C13H19NOS. The molecule has 1 aromatic carbocycles. The number of nitrogens with two attached hydrogens (primary N) is 1. The van der Waals surface area contributed by atoms with E-state index < -0.39 is 0 Å². The van der Waals surface area contributed by atoms with E-state index in [0.717, 1.165) is 24.3 Å². The number of benzene rings is 1. The molecule has 0 heterocycles. The van der Waals surface area contributed by atoms with Crippen LogP contribution < -0.4 is 10.5 Å². The molecule has 0 aliphatic rings. The van der Waals surface area contributed by atoms with Crippen LogP contribution in [0.15, 0.2) is 24.3 Å². The van der Waals surface area contributed by atoms with Crippen molar-refractivity contribution in [2.45, 2.75) is 26.7 Å². The number of hydrogen-bond acceptors (Lipinski definition) is 2. The van der Waals surface area contributed by atoms with Gasteiger partial charge in [-0.05, 0) is 30.0 Å². The Kier molecular flexibility index (Phi) is 5.26. The SMILES string of the molecule is CC(C)CCOc1ccc(CC(N)=S)cc1. The van der Waals surface area contributed by atoms with Gasteiger partial charge in [-0.15, -0.1) is 0 Å². The van der Waals surface area contributed by atoms with E-state index in [4.69, 9.17) is 22.7 Å². The molecule has 1 rings (SSSR count). The first kappa shape index (κ1) is 13.0. The maximum absolute atomic E-state index is 5.61. The zero-order valence-electron chi connectivity index (χ0n) is 9.90. The first-order valence-corrected chi connectivity index (χ1v) is 5.99. The third kappa shape index (κ3) is 5.12. The van der Waals surface area contributed by atoms with Gasteiger partial charge in [0.15, 0.2) is 0 Å². The highest BCUT2D eigenvalue weighted by atomic mass is 32.1. The van der Waals surface area contributed by atoms with Crippen LogP contribution >= 0.6 is 12.2 Å². The second kappa shape index (κ2) is 6.48. The molecule has 88 valence electrons. The molecule has 0 aliphatic heterocycles. The Balaban J connectivity index is 2.42. The number of thiocarbonyl (C=S) groups is 1. The Hall–Kier alpha value is -1.09. The van der Waals surface area contributed by atoms with Crippen LogP contribution in [0.4, 0.5) is 0 Å². The molecule has 0 bridgehead atoms. The van der Waals surface area contributed by atoms with Gasteiger partial charge in [0.25, 0.3) is 0 Å². The van der Waals surface area contributed by atoms with Crippen LogP contribution in [-0.4, -0.2) is 11.6 Å². The molecule has 3 heteroatoms. The first-order chi connectivity index (χ1) is 7.58. The summed E-state index contributed by atoms with van der Waals surface area (Å²) >= 11 is 4.86. The van der Waals surface area contributed by atoms with Gasteiger partial charge in [0, 0.05) is 6.42 Å². The predicted molar refractivity (Wildman–Crippen MR) is 71.9 cm³/mol. The van der Waals surface area contributed by atoms with Crippen molar-refractivity contribution in [3.8, 4) is 5.75 Å². The number of hydrogen-bond donors (Lipinski definition) is 1. The Morgan fingerprint density at radius 2 is 1.94 bits per heavy atom. The van der Waals surface area contributed by atoms with Gasteiger partial charge in [0.2, 0.25) is 0 Å². The molecule has 0 saturated heterocycles. The molecule has 0 saturated carbocycles. The monoisotopic (exact) mass is 237 g/mol. The van der Waals surface area contributed by atoms with E-state index >= 15 is 0 Å². The van der Waals surface area contributed by atoms with E-state index in [1.54, 1.807) is 0 Å². The molecule has 0 amide bonds. The standard InChI is InChI=1S/C13H19NOS/c1-10(2)7-8-15-12-5-3-11(4-6-12)9-13(14)16/h3-6,10H,7-9H2,1-2H3,(H2,14,16). The summed E-state index contributed by atoms with van der Waals surface area (Å²) in [6, 6.07) is 7.94. The summed E-state index contributed by atoms with van der Waals surface area (Å²) in [4.78, 5) is 0.522. The van der Waals surface area contributed by atoms with Crippen molar-refractivity contribution in [2.75, 3.05) is 6.61 Å². The molecule has 2 nitrogen and oxygen atoms in total. The van der Waals surface area contributed by atoms with Gasteiger partial charge in [-0.1, -0.05) is 38.2 Å². The first-order valence-electron chi connectivity index (χ1n) is 5.58. The van der Waals surface area contributed by atoms with Gasteiger partial charge >= 0.3 is 0 Å². The Morgan fingerprint density at radius 1 is 1.31 bits per heavy atom. The van der Waals surface area contributed by atoms with E-state index in [0.29, 0.717) is 17.3 Å². The van der Waals surface area contributed by atoms with Crippen molar-refractivity contribution in [3.63, 3.8) is 0 Å². The summed E-state index contributed by atoms with van der Waals surface area (Å²) in [5.74, 6) is 1.58. The minimum absolute atomic E-state index is 0.522. The summed E-state index contributed by atoms with van der Waals surface area (Å²) in [6.45, 7) is 5.15. The summed E-state index contributed by atoms with van der Waals surface area (Å²) in [6.07, 6.45) is 1.73. The van der Waals surface area contributed by atoms with E-state index in [9.17, 15) is 0 Å². The lowest BCUT2D eigenvalue weighted by atomic mass is 10.1. The van der Waals surface area contributed by atoms with Gasteiger partial charge in [-0.2, -0.15) is 0 Å². The van der Waals surface area contributed by atoms with Crippen LogP contribution in [0.3, 0.4) is 0 Å². The third-order valence-corrected chi connectivity index (χ3v) is 2.41. The third-order valence-electron chi connectivity index (χ3n) is 2.27. The topological polar surface area (TPSA) is 35.2 Å². The summed E-state index contributed by atoms with van der Waals surface area (Å²) < 4.78 is 5.61.